The maximum absolute atomic E-state index is 14.9. The van der Waals surface area contributed by atoms with Crippen LogP contribution >= 0.6 is 0 Å². The third-order valence-electron chi connectivity index (χ3n) is 7.86. The highest BCUT2D eigenvalue weighted by Gasteiger charge is 2.36. The topological polar surface area (TPSA) is 27.1 Å². The van der Waals surface area contributed by atoms with E-state index in [4.69, 9.17) is 9.72 Å². The van der Waals surface area contributed by atoms with Gasteiger partial charge < -0.3 is 4.74 Å². The van der Waals surface area contributed by atoms with Crippen molar-refractivity contribution in [1.29, 1.82) is 0 Å². The Labute approximate surface area is 223 Å². The van der Waals surface area contributed by atoms with Crippen molar-refractivity contribution in [3.05, 3.63) is 107 Å². The molecule has 0 fully saturated rings. The second-order valence-corrected chi connectivity index (χ2v) is 11.4. The van der Waals surface area contributed by atoms with Crippen molar-refractivity contribution >= 4 is 11.0 Å². The van der Waals surface area contributed by atoms with Gasteiger partial charge in [0.1, 0.15) is 23.1 Å². The molecule has 0 atom stereocenters. The molecule has 0 unspecified atom stereocenters. The van der Waals surface area contributed by atoms with Crippen LogP contribution in [0.25, 0.3) is 28.1 Å². The van der Waals surface area contributed by atoms with Crippen LogP contribution in [0.2, 0.25) is 0 Å². The van der Waals surface area contributed by atoms with Crippen LogP contribution in [0.15, 0.2) is 78.9 Å². The lowest BCUT2D eigenvalue weighted by Crippen LogP contribution is -2.24. The smallest absolute Gasteiger partial charge is 0.149 e. The van der Waals surface area contributed by atoms with Crippen LogP contribution in [-0.4, -0.2) is 9.55 Å². The summed E-state index contributed by atoms with van der Waals surface area (Å²) < 4.78 is 23.8. The molecule has 6 rings (SSSR count). The van der Waals surface area contributed by atoms with Crippen molar-refractivity contribution in [2.75, 3.05) is 0 Å². The zero-order valence-corrected chi connectivity index (χ0v) is 22.8. The van der Waals surface area contributed by atoms with Gasteiger partial charge >= 0.3 is 0 Å². The quantitative estimate of drug-likeness (QED) is 0.244. The Hall–Kier alpha value is -3.92. The van der Waals surface area contributed by atoms with E-state index in [0.717, 1.165) is 56.3 Å². The molecule has 0 radical (unpaired) electrons. The van der Waals surface area contributed by atoms with Crippen LogP contribution in [-0.2, 0) is 5.41 Å². The summed E-state index contributed by atoms with van der Waals surface area (Å²) >= 11 is 0. The summed E-state index contributed by atoms with van der Waals surface area (Å²) in [6.45, 7) is 13.0. The number of benzene rings is 4. The van der Waals surface area contributed by atoms with Crippen molar-refractivity contribution in [3.8, 4) is 28.6 Å². The number of aromatic nitrogens is 2. The van der Waals surface area contributed by atoms with E-state index in [-0.39, 0.29) is 23.1 Å². The summed E-state index contributed by atoms with van der Waals surface area (Å²) in [5.74, 6) is 2.54. The van der Waals surface area contributed by atoms with Crippen molar-refractivity contribution < 1.29 is 9.13 Å². The van der Waals surface area contributed by atoms with Gasteiger partial charge in [-0.3, -0.25) is 4.57 Å². The fourth-order valence-electron chi connectivity index (χ4n) is 5.86. The highest BCUT2D eigenvalue weighted by atomic mass is 19.1. The highest BCUT2D eigenvalue weighted by Crippen LogP contribution is 2.51. The Bertz CT molecular complexity index is 1660. The number of halogens is 1. The molecule has 4 heteroatoms. The molecule has 1 aliphatic heterocycles. The lowest BCUT2D eigenvalue weighted by molar-refractivity contribution is 0.419. The van der Waals surface area contributed by atoms with E-state index in [2.05, 4.69) is 82.5 Å². The molecule has 1 aliphatic rings. The minimum absolute atomic E-state index is 0.124. The SMILES string of the molecule is CC(C)c1cc(F)cc(C(C)C)c1-n1c(-c2cccc3c2Oc2ccccc2C3(C)C)nc2ccccc21. The Kier molecular flexibility index (Phi) is 5.68. The monoisotopic (exact) mass is 504 g/mol. The van der Waals surface area contributed by atoms with Crippen LogP contribution in [0.1, 0.15) is 75.6 Å². The number of hydrogen-bond acceptors (Lipinski definition) is 2. The van der Waals surface area contributed by atoms with Crippen LogP contribution in [0, 0.1) is 5.82 Å². The second-order valence-electron chi connectivity index (χ2n) is 11.4. The number of nitrogens with zero attached hydrogens (tertiary/aromatic N) is 2. The largest absolute Gasteiger partial charge is 0.456 e. The number of para-hydroxylation sites is 4. The molecule has 0 spiro atoms. The summed E-state index contributed by atoms with van der Waals surface area (Å²) in [5.41, 5.74) is 7.81. The van der Waals surface area contributed by atoms with Gasteiger partial charge in [-0.05, 0) is 59.4 Å². The average molecular weight is 505 g/mol. The molecule has 2 heterocycles. The number of ether oxygens (including phenoxy) is 1. The molecule has 0 N–H and O–H groups in total. The van der Waals surface area contributed by atoms with Crippen LogP contribution in [0.5, 0.6) is 11.5 Å². The molecular weight excluding hydrogens is 471 g/mol. The Morgan fingerprint density at radius 2 is 1.42 bits per heavy atom. The highest BCUT2D eigenvalue weighted by molar-refractivity contribution is 5.86. The van der Waals surface area contributed by atoms with Crippen molar-refractivity contribution in [2.24, 2.45) is 0 Å². The van der Waals surface area contributed by atoms with E-state index in [1.54, 1.807) is 12.1 Å². The molecule has 3 nitrogen and oxygen atoms in total. The lowest BCUT2D eigenvalue weighted by Gasteiger charge is -2.35. The summed E-state index contributed by atoms with van der Waals surface area (Å²) in [7, 11) is 0. The van der Waals surface area contributed by atoms with E-state index >= 15 is 0 Å². The first-order valence-electron chi connectivity index (χ1n) is 13.4. The molecule has 0 aliphatic carbocycles. The fourth-order valence-corrected chi connectivity index (χ4v) is 5.86. The summed E-state index contributed by atoms with van der Waals surface area (Å²) in [5, 5.41) is 0. The van der Waals surface area contributed by atoms with Gasteiger partial charge in [-0.2, -0.15) is 0 Å². The fraction of sp³-hybridized carbons (Fsp3) is 0.265. The standard InChI is InChI=1S/C34H33FN2O/c1-20(2)24-18-22(35)19-25(21(3)4)31(24)37-29-16-9-8-15-28(29)36-33(37)23-12-11-14-27-32(23)38-30-17-10-7-13-26(30)34(27,5)6/h7-21H,1-6H3. The predicted octanol–water partition coefficient (Wildman–Crippen LogP) is 9.51. The maximum Gasteiger partial charge on any atom is 0.149 e. The summed E-state index contributed by atoms with van der Waals surface area (Å²) in [4.78, 5) is 5.18. The number of fused-ring (bicyclic) bond motifs is 3. The van der Waals surface area contributed by atoms with E-state index in [1.807, 2.05) is 30.3 Å². The van der Waals surface area contributed by atoms with Gasteiger partial charge in [-0.15, -0.1) is 0 Å². The first-order chi connectivity index (χ1) is 18.2. The zero-order chi connectivity index (χ0) is 26.8. The van der Waals surface area contributed by atoms with Gasteiger partial charge in [-0.25, -0.2) is 9.37 Å². The molecular formula is C34H33FN2O. The molecule has 5 aromatic rings. The van der Waals surface area contributed by atoms with Crippen LogP contribution < -0.4 is 4.74 Å². The number of rotatable bonds is 4. The minimum Gasteiger partial charge on any atom is -0.456 e. The molecule has 0 amide bonds. The van der Waals surface area contributed by atoms with E-state index in [1.165, 1.54) is 5.56 Å². The van der Waals surface area contributed by atoms with Crippen molar-refractivity contribution in [2.45, 2.75) is 58.8 Å². The molecule has 4 aromatic carbocycles. The van der Waals surface area contributed by atoms with E-state index < -0.39 is 0 Å². The molecule has 38 heavy (non-hydrogen) atoms. The number of imidazole rings is 1. The molecule has 0 saturated heterocycles. The van der Waals surface area contributed by atoms with E-state index in [9.17, 15) is 4.39 Å². The van der Waals surface area contributed by atoms with Gasteiger partial charge in [0.15, 0.2) is 0 Å². The Balaban J connectivity index is 1.71. The minimum atomic E-state index is -0.237. The van der Waals surface area contributed by atoms with Crippen molar-refractivity contribution in [3.63, 3.8) is 0 Å². The zero-order valence-electron chi connectivity index (χ0n) is 22.8. The Morgan fingerprint density at radius 1 is 0.789 bits per heavy atom. The first kappa shape index (κ1) is 24.4. The third kappa shape index (κ3) is 3.65. The second kappa shape index (κ2) is 8.83. The maximum atomic E-state index is 14.9. The normalized spacial score (nSPS) is 14.0. The summed E-state index contributed by atoms with van der Waals surface area (Å²) in [6, 6.07) is 26.1. The van der Waals surface area contributed by atoms with Crippen LogP contribution in [0.3, 0.4) is 0 Å². The molecule has 192 valence electrons. The van der Waals surface area contributed by atoms with Gasteiger partial charge in [0.25, 0.3) is 0 Å². The molecule has 0 bridgehead atoms. The van der Waals surface area contributed by atoms with Gasteiger partial charge in [0.2, 0.25) is 0 Å². The lowest BCUT2D eigenvalue weighted by atomic mass is 9.75. The molecule has 1 aromatic heterocycles. The summed E-state index contributed by atoms with van der Waals surface area (Å²) in [6.07, 6.45) is 0. The van der Waals surface area contributed by atoms with Gasteiger partial charge in [-0.1, -0.05) is 84.0 Å². The average Bonchev–Trinajstić information content (AvgIpc) is 3.27. The van der Waals surface area contributed by atoms with Gasteiger partial charge in [0, 0.05) is 16.5 Å². The molecule has 0 saturated carbocycles. The Morgan fingerprint density at radius 3 is 2.13 bits per heavy atom. The van der Waals surface area contributed by atoms with Crippen LogP contribution in [0.4, 0.5) is 4.39 Å². The predicted molar refractivity (Wildman–Crippen MR) is 153 cm³/mol. The van der Waals surface area contributed by atoms with Gasteiger partial charge in [0.05, 0.1) is 22.3 Å². The first-order valence-corrected chi connectivity index (χ1v) is 13.4. The van der Waals surface area contributed by atoms with Crippen molar-refractivity contribution in [1.82, 2.24) is 9.55 Å². The number of hydrogen-bond donors (Lipinski definition) is 0. The van der Waals surface area contributed by atoms with E-state index in [0.29, 0.717) is 0 Å². The third-order valence-corrected chi connectivity index (χ3v) is 7.86.